The lowest BCUT2D eigenvalue weighted by Crippen LogP contribution is -2.37. The number of fused-ring (bicyclic) bond motifs is 1. The van der Waals surface area contributed by atoms with Crippen LogP contribution in [0.5, 0.6) is 0 Å². The molecular weight excluding hydrogens is 244 g/mol. The molecule has 3 rings (SSSR count). The lowest BCUT2D eigenvalue weighted by molar-refractivity contribution is 0.298. The van der Waals surface area contributed by atoms with Crippen LogP contribution >= 0.6 is 0 Å². The minimum absolute atomic E-state index is 0.555. The summed E-state index contributed by atoms with van der Waals surface area (Å²) in [5.74, 6) is 0. The van der Waals surface area contributed by atoms with E-state index in [0.29, 0.717) is 6.04 Å². The Balaban J connectivity index is 1.56. The first-order valence-electron chi connectivity index (χ1n) is 7.75. The molecule has 0 saturated carbocycles. The third-order valence-electron chi connectivity index (χ3n) is 4.20. The number of nitrogens with zero attached hydrogens (tertiary/aromatic N) is 1. The summed E-state index contributed by atoms with van der Waals surface area (Å²) in [6.45, 7) is 6.98. The van der Waals surface area contributed by atoms with Gasteiger partial charge in [0.25, 0.3) is 0 Å². The van der Waals surface area contributed by atoms with Gasteiger partial charge in [-0.05, 0) is 55.3 Å². The van der Waals surface area contributed by atoms with Gasteiger partial charge in [0.05, 0.1) is 0 Å². The van der Waals surface area contributed by atoms with E-state index in [4.69, 9.17) is 0 Å². The Kier molecular flexibility index (Phi) is 4.34. The molecule has 1 fully saturated rings. The fourth-order valence-electron chi connectivity index (χ4n) is 3.06. The second-order valence-electron chi connectivity index (χ2n) is 5.97. The van der Waals surface area contributed by atoms with Crippen molar-refractivity contribution in [3.8, 4) is 0 Å². The van der Waals surface area contributed by atoms with Crippen LogP contribution in [-0.2, 0) is 6.54 Å². The average molecular weight is 268 g/mol. The zero-order valence-electron chi connectivity index (χ0n) is 12.3. The minimum atomic E-state index is 0.555. The third kappa shape index (κ3) is 3.38. The van der Waals surface area contributed by atoms with Gasteiger partial charge in [0, 0.05) is 19.1 Å². The van der Waals surface area contributed by atoms with Crippen molar-refractivity contribution < 1.29 is 0 Å². The predicted octanol–water partition coefficient (Wildman–Crippen LogP) is 3.41. The fourth-order valence-corrected chi connectivity index (χ4v) is 3.06. The van der Waals surface area contributed by atoms with Crippen molar-refractivity contribution in [2.45, 2.75) is 32.4 Å². The van der Waals surface area contributed by atoms with Gasteiger partial charge in [0.15, 0.2) is 0 Å². The predicted molar refractivity (Wildman–Crippen MR) is 85.9 cm³/mol. The summed E-state index contributed by atoms with van der Waals surface area (Å²) in [5, 5.41) is 6.30. The zero-order valence-corrected chi connectivity index (χ0v) is 12.3. The fraction of sp³-hybridized carbons (Fsp3) is 0.444. The van der Waals surface area contributed by atoms with Gasteiger partial charge < -0.3 is 10.2 Å². The second kappa shape index (κ2) is 6.38. The highest BCUT2D eigenvalue weighted by atomic mass is 15.2. The van der Waals surface area contributed by atoms with Crippen LogP contribution in [0.15, 0.2) is 42.5 Å². The summed E-state index contributed by atoms with van der Waals surface area (Å²) in [5.41, 5.74) is 1.37. The Hall–Kier alpha value is -1.38. The van der Waals surface area contributed by atoms with Crippen LogP contribution < -0.4 is 5.32 Å². The molecule has 2 aromatic rings. The van der Waals surface area contributed by atoms with Gasteiger partial charge in [-0.3, -0.25) is 0 Å². The molecule has 1 heterocycles. The quantitative estimate of drug-likeness (QED) is 0.894. The van der Waals surface area contributed by atoms with E-state index < -0.39 is 0 Å². The van der Waals surface area contributed by atoms with Crippen LogP contribution in [-0.4, -0.2) is 30.6 Å². The first-order valence-corrected chi connectivity index (χ1v) is 7.75. The van der Waals surface area contributed by atoms with Crippen LogP contribution in [0.1, 0.15) is 25.3 Å². The number of nitrogens with one attached hydrogen (secondary N) is 1. The molecule has 20 heavy (non-hydrogen) atoms. The molecule has 0 aliphatic carbocycles. The number of rotatable bonds is 5. The van der Waals surface area contributed by atoms with E-state index in [1.807, 2.05) is 0 Å². The monoisotopic (exact) mass is 268 g/mol. The molecule has 2 heteroatoms. The molecule has 0 aromatic heterocycles. The van der Waals surface area contributed by atoms with Crippen molar-refractivity contribution in [1.29, 1.82) is 0 Å². The van der Waals surface area contributed by atoms with Gasteiger partial charge in [0.1, 0.15) is 0 Å². The molecule has 0 bridgehead atoms. The van der Waals surface area contributed by atoms with Crippen molar-refractivity contribution in [1.82, 2.24) is 10.2 Å². The summed E-state index contributed by atoms with van der Waals surface area (Å²) in [4.78, 5) is 2.57. The SMILES string of the molecule is CC(CN1CCCC1)NCc1ccc2ccccc2c1. The molecule has 106 valence electrons. The molecule has 1 aliphatic heterocycles. The second-order valence-corrected chi connectivity index (χ2v) is 5.97. The molecule has 2 aromatic carbocycles. The largest absolute Gasteiger partial charge is 0.309 e. The van der Waals surface area contributed by atoms with Gasteiger partial charge in [-0.2, -0.15) is 0 Å². The molecule has 0 radical (unpaired) electrons. The molecule has 0 spiro atoms. The van der Waals surface area contributed by atoms with Crippen molar-refractivity contribution in [3.05, 3.63) is 48.0 Å². The molecule has 1 unspecified atom stereocenters. The van der Waals surface area contributed by atoms with Gasteiger partial charge >= 0.3 is 0 Å². The van der Waals surface area contributed by atoms with Gasteiger partial charge in [-0.25, -0.2) is 0 Å². The van der Waals surface area contributed by atoms with E-state index in [1.165, 1.54) is 48.8 Å². The van der Waals surface area contributed by atoms with Crippen molar-refractivity contribution >= 4 is 10.8 Å². The Bertz CT molecular complexity index is 558. The molecule has 1 aliphatic rings. The molecule has 1 N–H and O–H groups in total. The number of likely N-dealkylation sites (tertiary alicyclic amines) is 1. The van der Waals surface area contributed by atoms with E-state index in [9.17, 15) is 0 Å². The van der Waals surface area contributed by atoms with E-state index >= 15 is 0 Å². The lowest BCUT2D eigenvalue weighted by atomic mass is 10.1. The molecule has 2 nitrogen and oxygen atoms in total. The summed E-state index contributed by atoms with van der Waals surface area (Å²) in [7, 11) is 0. The third-order valence-corrected chi connectivity index (χ3v) is 4.20. The molecule has 0 amide bonds. The summed E-state index contributed by atoms with van der Waals surface area (Å²) >= 11 is 0. The molecular formula is C18H24N2. The summed E-state index contributed by atoms with van der Waals surface area (Å²) in [6.07, 6.45) is 2.74. The maximum absolute atomic E-state index is 3.65. The Morgan fingerprint density at radius 1 is 1.05 bits per heavy atom. The highest BCUT2D eigenvalue weighted by Gasteiger charge is 2.14. The van der Waals surface area contributed by atoms with Crippen molar-refractivity contribution in [2.75, 3.05) is 19.6 Å². The van der Waals surface area contributed by atoms with Gasteiger partial charge in [-0.1, -0.05) is 36.4 Å². The normalized spacial score (nSPS) is 17.6. The number of hydrogen-bond acceptors (Lipinski definition) is 2. The van der Waals surface area contributed by atoms with Crippen LogP contribution in [0.25, 0.3) is 10.8 Å². The first kappa shape index (κ1) is 13.6. The van der Waals surface area contributed by atoms with Crippen LogP contribution in [0, 0.1) is 0 Å². The minimum Gasteiger partial charge on any atom is -0.309 e. The van der Waals surface area contributed by atoms with E-state index in [0.717, 1.165) is 6.54 Å². The Labute approximate surface area is 121 Å². The van der Waals surface area contributed by atoms with Crippen molar-refractivity contribution in [3.63, 3.8) is 0 Å². The van der Waals surface area contributed by atoms with Crippen LogP contribution in [0.3, 0.4) is 0 Å². The average Bonchev–Trinajstić information content (AvgIpc) is 2.98. The zero-order chi connectivity index (χ0) is 13.8. The summed E-state index contributed by atoms with van der Waals surface area (Å²) in [6, 6.07) is 15.9. The van der Waals surface area contributed by atoms with Crippen molar-refractivity contribution in [2.24, 2.45) is 0 Å². The van der Waals surface area contributed by atoms with E-state index in [-0.39, 0.29) is 0 Å². The Morgan fingerprint density at radius 3 is 2.60 bits per heavy atom. The van der Waals surface area contributed by atoms with E-state index in [2.05, 4.69) is 59.6 Å². The van der Waals surface area contributed by atoms with Gasteiger partial charge in [-0.15, -0.1) is 0 Å². The maximum Gasteiger partial charge on any atom is 0.0208 e. The number of benzene rings is 2. The van der Waals surface area contributed by atoms with Gasteiger partial charge in [0.2, 0.25) is 0 Å². The van der Waals surface area contributed by atoms with E-state index in [1.54, 1.807) is 0 Å². The maximum atomic E-state index is 3.65. The van der Waals surface area contributed by atoms with Crippen LogP contribution in [0.4, 0.5) is 0 Å². The molecule has 1 saturated heterocycles. The number of hydrogen-bond donors (Lipinski definition) is 1. The topological polar surface area (TPSA) is 15.3 Å². The molecule has 1 atom stereocenters. The summed E-state index contributed by atoms with van der Waals surface area (Å²) < 4.78 is 0. The van der Waals surface area contributed by atoms with Crippen LogP contribution in [0.2, 0.25) is 0 Å². The highest BCUT2D eigenvalue weighted by Crippen LogP contribution is 2.15. The standard InChI is InChI=1S/C18H24N2/c1-15(14-20-10-4-5-11-20)19-13-16-8-9-17-6-2-3-7-18(17)12-16/h2-3,6-9,12,15,19H,4-5,10-11,13-14H2,1H3. The highest BCUT2D eigenvalue weighted by molar-refractivity contribution is 5.82. The smallest absolute Gasteiger partial charge is 0.0208 e. The lowest BCUT2D eigenvalue weighted by Gasteiger charge is -2.21. The Morgan fingerprint density at radius 2 is 1.80 bits per heavy atom. The first-order chi connectivity index (χ1) is 9.81.